The second-order valence-corrected chi connectivity index (χ2v) is 4.19. The number of hydrogen-bond donors (Lipinski definition) is 2. The van der Waals surface area contributed by atoms with Gasteiger partial charge in [-0.25, -0.2) is 0 Å². The summed E-state index contributed by atoms with van der Waals surface area (Å²) in [5.74, 6) is -1.60. The lowest BCUT2D eigenvalue weighted by Crippen LogP contribution is -2.29. The molecule has 100 valence electrons. The fourth-order valence-corrected chi connectivity index (χ4v) is 1.63. The van der Waals surface area contributed by atoms with E-state index >= 15 is 0 Å². The predicted molar refractivity (Wildman–Crippen MR) is 65.1 cm³/mol. The highest BCUT2D eigenvalue weighted by Gasteiger charge is 2.08. The molecule has 0 aliphatic rings. The van der Waals surface area contributed by atoms with Crippen molar-refractivity contribution in [2.45, 2.75) is 45.4 Å². The Morgan fingerprint density at radius 2 is 1.47 bits per heavy atom. The Balaban J connectivity index is 3.83. The van der Waals surface area contributed by atoms with E-state index in [0.717, 1.165) is 25.8 Å². The molecule has 5 heteroatoms. The summed E-state index contributed by atoms with van der Waals surface area (Å²) in [6.45, 7) is 4.16. The Morgan fingerprint density at radius 3 is 2.00 bits per heavy atom. The average molecular weight is 245 g/mol. The quantitative estimate of drug-likeness (QED) is 0.543. The van der Waals surface area contributed by atoms with E-state index in [-0.39, 0.29) is 12.8 Å². The molecular weight excluding hydrogens is 222 g/mol. The lowest BCUT2D eigenvalue weighted by atomic mass is 10.2. The largest absolute Gasteiger partial charge is 0.481 e. The van der Waals surface area contributed by atoms with Gasteiger partial charge in [-0.1, -0.05) is 19.8 Å². The van der Waals surface area contributed by atoms with Crippen molar-refractivity contribution in [3.8, 4) is 0 Å². The molecule has 0 spiro atoms. The zero-order chi connectivity index (χ0) is 13.1. The molecule has 0 aromatic carbocycles. The Kier molecular flexibility index (Phi) is 9.43. The maximum atomic E-state index is 10.5. The monoisotopic (exact) mass is 245 g/mol. The fraction of sp³-hybridized carbons (Fsp3) is 0.833. The van der Waals surface area contributed by atoms with Gasteiger partial charge in [-0.3, -0.25) is 9.59 Å². The van der Waals surface area contributed by atoms with E-state index in [2.05, 4.69) is 6.92 Å². The lowest BCUT2D eigenvalue weighted by molar-refractivity contribution is -0.138. The minimum atomic E-state index is -0.802. The standard InChI is InChI=1S/C12H23NO4/c1-2-3-4-8-13(10-7-12(16)17)9-5-6-11(14)15/h2-10H2,1H3,(H,14,15)(H,16,17). The van der Waals surface area contributed by atoms with E-state index in [9.17, 15) is 9.59 Å². The van der Waals surface area contributed by atoms with Gasteiger partial charge in [0.2, 0.25) is 0 Å². The molecule has 0 bridgehead atoms. The van der Waals surface area contributed by atoms with Gasteiger partial charge in [-0.2, -0.15) is 0 Å². The molecule has 2 N–H and O–H groups in total. The molecule has 0 aliphatic carbocycles. The fourth-order valence-electron chi connectivity index (χ4n) is 1.63. The molecule has 0 aliphatic heterocycles. The minimum absolute atomic E-state index is 0.124. The summed E-state index contributed by atoms with van der Waals surface area (Å²) in [6, 6.07) is 0. The van der Waals surface area contributed by atoms with E-state index < -0.39 is 11.9 Å². The van der Waals surface area contributed by atoms with Gasteiger partial charge < -0.3 is 15.1 Å². The molecule has 0 radical (unpaired) electrons. The van der Waals surface area contributed by atoms with E-state index in [1.54, 1.807) is 0 Å². The first-order valence-corrected chi connectivity index (χ1v) is 6.22. The highest BCUT2D eigenvalue weighted by Crippen LogP contribution is 2.02. The zero-order valence-corrected chi connectivity index (χ0v) is 10.5. The first-order chi connectivity index (χ1) is 8.06. The summed E-state index contributed by atoms with van der Waals surface area (Å²) < 4.78 is 0. The van der Waals surface area contributed by atoms with E-state index in [0.29, 0.717) is 19.5 Å². The van der Waals surface area contributed by atoms with Crippen LogP contribution in [0, 0.1) is 0 Å². The van der Waals surface area contributed by atoms with Crippen molar-refractivity contribution in [1.82, 2.24) is 4.90 Å². The van der Waals surface area contributed by atoms with Crippen molar-refractivity contribution in [3.05, 3.63) is 0 Å². The molecule has 0 atom stereocenters. The summed E-state index contributed by atoms with van der Waals surface area (Å²) in [5.41, 5.74) is 0. The molecule has 0 fully saturated rings. The molecule has 0 unspecified atom stereocenters. The van der Waals surface area contributed by atoms with Crippen LogP contribution in [0.25, 0.3) is 0 Å². The van der Waals surface area contributed by atoms with Gasteiger partial charge in [-0.15, -0.1) is 0 Å². The number of nitrogens with zero attached hydrogens (tertiary/aromatic N) is 1. The van der Waals surface area contributed by atoms with Crippen LogP contribution < -0.4 is 0 Å². The molecule has 0 aromatic heterocycles. The third kappa shape index (κ3) is 11.2. The van der Waals surface area contributed by atoms with Gasteiger partial charge in [0, 0.05) is 13.0 Å². The molecule has 17 heavy (non-hydrogen) atoms. The smallest absolute Gasteiger partial charge is 0.304 e. The Bertz CT molecular complexity index is 231. The van der Waals surface area contributed by atoms with E-state index in [1.807, 2.05) is 4.90 Å². The highest BCUT2D eigenvalue weighted by atomic mass is 16.4. The summed E-state index contributed by atoms with van der Waals surface area (Å²) in [4.78, 5) is 22.9. The Hall–Kier alpha value is -1.10. The van der Waals surface area contributed by atoms with Crippen molar-refractivity contribution >= 4 is 11.9 Å². The summed E-state index contributed by atoms with van der Waals surface area (Å²) in [7, 11) is 0. The van der Waals surface area contributed by atoms with Gasteiger partial charge in [0.25, 0.3) is 0 Å². The van der Waals surface area contributed by atoms with Crippen molar-refractivity contribution in [2.75, 3.05) is 19.6 Å². The van der Waals surface area contributed by atoms with Gasteiger partial charge in [-0.05, 0) is 25.9 Å². The Labute approximate surface area is 102 Å². The van der Waals surface area contributed by atoms with Gasteiger partial charge in [0.05, 0.1) is 6.42 Å². The van der Waals surface area contributed by atoms with Crippen LogP contribution >= 0.6 is 0 Å². The van der Waals surface area contributed by atoms with E-state index in [1.165, 1.54) is 0 Å². The van der Waals surface area contributed by atoms with Crippen LogP contribution in [0.2, 0.25) is 0 Å². The predicted octanol–water partition coefficient (Wildman–Crippen LogP) is 1.82. The van der Waals surface area contributed by atoms with Crippen molar-refractivity contribution in [1.29, 1.82) is 0 Å². The van der Waals surface area contributed by atoms with Gasteiger partial charge in [0.15, 0.2) is 0 Å². The van der Waals surface area contributed by atoms with Crippen LogP contribution in [-0.2, 0) is 9.59 Å². The maximum absolute atomic E-state index is 10.5. The van der Waals surface area contributed by atoms with E-state index in [4.69, 9.17) is 10.2 Å². The number of carbonyl (C=O) groups is 2. The number of hydrogen-bond acceptors (Lipinski definition) is 3. The number of carboxylic acid groups (broad SMARTS) is 2. The topological polar surface area (TPSA) is 77.8 Å². The van der Waals surface area contributed by atoms with Crippen LogP contribution in [0.5, 0.6) is 0 Å². The average Bonchev–Trinajstić information content (AvgIpc) is 2.24. The first kappa shape index (κ1) is 15.9. The third-order valence-electron chi connectivity index (χ3n) is 2.58. The van der Waals surface area contributed by atoms with Crippen LogP contribution in [0.4, 0.5) is 0 Å². The van der Waals surface area contributed by atoms with Crippen molar-refractivity contribution < 1.29 is 19.8 Å². The Morgan fingerprint density at radius 1 is 0.882 bits per heavy atom. The molecule has 0 rings (SSSR count). The third-order valence-corrected chi connectivity index (χ3v) is 2.58. The molecule has 0 heterocycles. The molecule has 0 amide bonds. The molecule has 0 aromatic rings. The van der Waals surface area contributed by atoms with Crippen LogP contribution in [0.1, 0.15) is 45.4 Å². The number of rotatable bonds is 11. The summed E-state index contributed by atoms with van der Waals surface area (Å²) in [6.07, 6.45) is 4.16. The molecular formula is C12H23NO4. The summed E-state index contributed by atoms with van der Waals surface area (Å²) >= 11 is 0. The van der Waals surface area contributed by atoms with Crippen LogP contribution in [0.3, 0.4) is 0 Å². The number of aliphatic carboxylic acids is 2. The van der Waals surface area contributed by atoms with Crippen LogP contribution in [-0.4, -0.2) is 46.7 Å². The second-order valence-electron chi connectivity index (χ2n) is 4.19. The SMILES string of the molecule is CCCCCN(CCCC(=O)O)CCC(=O)O. The first-order valence-electron chi connectivity index (χ1n) is 6.22. The zero-order valence-electron chi connectivity index (χ0n) is 10.5. The second kappa shape index (κ2) is 10.1. The highest BCUT2D eigenvalue weighted by molar-refractivity contribution is 5.67. The molecule has 0 saturated heterocycles. The number of unbranched alkanes of at least 4 members (excludes halogenated alkanes) is 2. The summed E-state index contributed by atoms with van der Waals surface area (Å²) in [5, 5.41) is 17.2. The maximum Gasteiger partial charge on any atom is 0.304 e. The minimum Gasteiger partial charge on any atom is -0.481 e. The van der Waals surface area contributed by atoms with Crippen LogP contribution in [0.15, 0.2) is 0 Å². The molecule has 0 saturated carbocycles. The van der Waals surface area contributed by atoms with Crippen molar-refractivity contribution in [2.24, 2.45) is 0 Å². The van der Waals surface area contributed by atoms with Gasteiger partial charge in [0.1, 0.15) is 0 Å². The lowest BCUT2D eigenvalue weighted by Gasteiger charge is -2.20. The van der Waals surface area contributed by atoms with Crippen molar-refractivity contribution in [3.63, 3.8) is 0 Å². The van der Waals surface area contributed by atoms with Gasteiger partial charge >= 0.3 is 11.9 Å². The number of carboxylic acids is 2. The molecule has 5 nitrogen and oxygen atoms in total. The normalized spacial score (nSPS) is 10.7.